The first-order valence-corrected chi connectivity index (χ1v) is 5.35. The van der Waals surface area contributed by atoms with Crippen LogP contribution in [0.1, 0.15) is 12.8 Å². The van der Waals surface area contributed by atoms with Crippen molar-refractivity contribution < 1.29 is 0 Å². The van der Waals surface area contributed by atoms with Crippen LogP contribution in [0, 0.1) is 4.91 Å². The zero-order chi connectivity index (χ0) is 11.4. The quantitative estimate of drug-likeness (QED) is 0.750. The summed E-state index contributed by atoms with van der Waals surface area (Å²) in [6.45, 7) is 1.39. The van der Waals surface area contributed by atoms with Gasteiger partial charge in [-0.25, -0.2) is 4.98 Å². The van der Waals surface area contributed by atoms with Crippen molar-refractivity contribution in [3.05, 3.63) is 23.2 Å². The number of hydrogen-bond acceptors (Lipinski definition) is 5. The van der Waals surface area contributed by atoms with E-state index >= 15 is 0 Å². The summed E-state index contributed by atoms with van der Waals surface area (Å²) in [6.07, 6.45) is 3.44. The van der Waals surface area contributed by atoms with E-state index in [2.05, 4.69) is 15.6 Å². The first-order chi connectivity index (χ1) is 7.79. The summed E-state index contributed by atoms with van der Waals surface area (Å²) in [5.74, 6) is 0.512. The second-order valence-electron chi connectivity index (χ2n) is 3.89. The van der Waals surface area contributed by atoms with Crippen molar-refractivity contribution in [3.8, 4) is 0 Å². The molecule has 1 aromatic rings. The Hall–Kier alpha value is -1.85. The minimum atomic E-state index is 0.337. The number of rotatable bonds is 3. The monoisotopic (exact) mass is 221 g/mol. The van der Waals surface area contributed by atoms with Gasteiger partial charge in [-0.05, 0) is 25.0 Å². The van der Waals surface area contributed by atoms with Crippen molar-refractivity contribution in [1.29, 1.82) is 0 Å². The highest BCUT2D eigenvalue weighted by atomic mass is 16.3. The fraction of sp³-hybridized carbons (Fsp3) is 0.500. The molecule has 86 valence electrons. The molecule has 0 atom stereocenters. The maximum absolute atomic E-state index is 10.3. The SMILES string of the molecule is Nc1ncccc1NC1CCN(N=O)CC1. The number of nitrogens with one attached hydrogen (secondary N) is 1. The number of nitroso groups, excluding NO2 is 1. The van der Waals surface area contributed by atoms with Crippen LogP contribution in [0.25, 0.3) is 0 Å². The molecule has 6 nitrogen and oxygen atoms in total. The van der Waals surface area contributed by atoms with Crippen LogP contribution < -0.4 is 11.1 Å². The molecule has 1 aliphatic rings. The Morgan fingerprint density at radius 3 is 2.88 bits per heavy atom. The van der Waals surface area contributed by atoms with E-state index in [9.17, 15) is 4.91 Å². The van der Waals surface area contributed by atoms with Crippen molar-refractivity contribution in [3.63, 3.8) is 0 Å². The molecule has 0 amide bonds. The van der Waals surface area contributed by atoms with Crippen LogP contribution in [-0.2, 0) is 0 Å². The first kappa shape index (κ1) is 10.7. The summed E-state index contributed by atoms with van der Waals surface area (Å²) in [4.78, 5) is 14.3. The molecule has 0 radical (unpaired) electrons. The fourth-order valence-electron chi connectivity index (χ4n) is 1.85. The van der Waals surface area contributed by atoms with E-state index in [1.807, 2.05) is 12.1 Å². The lowest BCUT2D eigenvalue weighted by Gasteiger charge is -2.29. The van der Waals surface area contributed by atoms with E-state index in [1.54, 1.807) is 11.2 Å². The summed E-state index contributed by atoms with van der Waals surface area (Å²) >= 11 is 0. The molecule has 1 aliphatic heterocycles. The van der Waals surface area contributed by atoms with Gasteiger partial charge in [-0.1, -0.05) is 0 Å². The van der Waals surface area contributed by atoms with Gasteiger partial charge < -0.3 is 11.1 Å². The molecular weight excluding hydrogens is 206 g/mol. The molecule has 2 heterocycles. The summed E-state index contributed by atoms with van der Waals surface area (Å²) in [7, 11) is 0. The number of nitrogens with zero attached hydrogens (tertiary/aromatic N) is 3. The van der Waals surface area contributed by atoms with E-state index in [1.165, 1.54) is 0 Å². The number of anilines is 2. The Morgan fingerprint density at radius 1 is 1.50 bits per heavy atom. The molecule has 0 unspecified atom stereocenters. The minimum Gasteiger partial charge on any atom is -0.382 e. The standard InChI is InChI=1S/C10H15N5O/c11-10-9(2-1-5-12-10)13-8-3-6-15(14-16)7-4-8/h1-2,5,8,13H,3-4,6-7H2,(H2,11,12). The number of hydrogen-bond donors (Lipinski definition) is 2. The summed E-state index contributed by atoms with van der Waals surface area (Å²) in [5.41, 5.74) is 6.60. The third-order valence-electron chi connectivity index (χ3n) is 2.78. The maximum Gasteiger partial charge on any atom is 0.146 e. The second kappa shape index (κ2) is 4.78. The predicted molar refractivity (Wildman–Crippen MR) is 62.7 cm³/mol. The van der Waals surface area contributed by atoms with Gasteiger partial charge in [0.1, 0.15) is 5.82 Å². The van der Waals surface area contributed by atoms with Crippen molar-refractivity contribution in [2.45, 2.75) is 18.9 Å². The third-order valence-corrected chi connectivity index (χ3v) is 2.78. The van der Waals surface area contributed by atoms with Gasteiger partial charge >= 0.3 is 0 Å². The van der Waals surface area contributed by atoms with E-state index in [4.69, 9.17) is 5.73 Å². The normalized spacial score (nSPS) is 17.1. The van der Waals surface area contributed by atoms with Crippen molar-refractivity contribution in [2.75, 3.05) is 24.1 Å². The van der Waals surface area contributed by atoms with Crippen LogP contribution in [0.2, 0.25) is 0 Å². The molecule has 16 heavy (non-hydrogen) atoms. The molecule has 1 fully saturated rings. The molecule has 0 aliphatic carbocycles. The summed E-state index contributed by atoms with van der Waals surface area (Å²) in [5, 5.41) is 7.81. The van der Waals surface area contributed by atoms with Gasteiger partial charge in [0.05, 0.1) is 11.0 Å². The Morgan fingerprint density at radius 2 is 2.25 bits per heavy atom. The molecule has 6 heteroatoms. The van der Waals surface area contributed by atoms with Gasteiger partial charge in [0.25, 0.3) is 0 Å². The largest absolute Gasteiger partial charge is 0.382 e. The predicted octanol–water partition coefficient (Wildman–Crippen LogP) is 1.22. The van der Waals surface area contributed by atoms with Crippen LogP contribution in [0.15, 0.2) is 23.6 Å². The lowest BCUT2D eigenvalue weighted by Crippen LogP contribution is -2.36. The Kier molecular flexibility index (Phi) is 3.19. The maximum atomic E-state index is 10.3. The Balaban J connectivity index is 1.92. The molecule has 2 rings (SSSR count). The topological polar surface area (TPSA) is 83.6 Å². The average Bonchev–Trinajstić information content (AvgIpc) is 2.33. The van der Waals surface area contributed by atoms with Crippen LogP contribution >= 0.6 is 0 Å². The van der Waals surface area contributed by atoms with Gasteiger partial charge in [-0.3, -0.25) is 5.01 Å². The van der Waals surface area contributed by atoms with Crippen molar-refractivity contribution in [2.24, 2.45) is 5.29 Å². The zero-order valence-corrected chi connectivity index (χ0v) is 8.97. The molecule has 1 aromatic heterocycles. The summed E-state index contributed by atoms with van der Waals surface area (Å²) < 4.78 is 0. The van der Waals surface area contributed by atoms with Crippen LogP contribution in [0.4, 0.5) is 11.5 Å². The number of aromatic nitrogens is 1. The molecule has 0 saturated carbocycles. The van der Waals surface area contributed by atoms with Gasteiger partial charge in [-0.2, -0.15) is 0 Å². The van der Waals surface area contributed by atoms with Crippen molar-refractivity contribution in [1.82, 2.24) is 9.99 Å². The highest BCUT2D eigenvalue weighted by Crippen LogP contribution is 2.19. The number of nitrogens with two attached hydrogens (primary N) is 1. The zero-order valence-electron chi connectivity index (χ0n) is 8.97. The number of piperidine rings is 1. The molecule has 0 bridgehead atoms. The van der Waals surface area contributed by atoms with Gasteiger partial charge in [0.15, 0.2) is 0 Å². The third kappa shape index (κ3) is 2.39. The average molecular weight is 221 g/mol. The minimum absolute atomic E-state index is 0.337. The molecular formula is C10H15N5O. The highest BCUT2D eigenvalue weighted by molar-refractivity contribution is 5.61. The lowest BCUT2D eigenvalue weighted by molar-refractivity contribution is 0.225. The van der Waals surface area contributed by atoms with E-state index in [0.29, 0.717) is 24.9 Å². The van der Waals surface area contributed by atoms with Gasteiger partial charge in [0, 0.05) is 25.3 Å². The van der Waals surface area contributed by atoms with Gasteiger partial charge in [-0.15, -0.1) is 4.91 Å². The lowest BCUT2D eigenvalue weighted by atomic mass is 10.1. The number of pyridine rings is 1. The van der Waals surface area contributed by atoms with Crippen LogP contribution in [-0.4, -0.2) is 29.1 Å². The molecule has 0 spiro atoms. The first-order valence-electron chi connectivity index (χ1n) is 5.35. The Labute approximate surface area is 93.8 Å². The fourth-order valence-corrected chi connectivity index (χ4v) is 1.85. The van der Waals surface area contributed by atoms with E-state index in [0.717, 1.165) is 18.5 Å². The van der Waals surface area contributed by atoms with E-state index < -0.39 is 0 Å². The molecule has 0 aromatic carbocycles. The van der Waals surface area contributed by atoms with Crippen molar-refractivity contribution >= 4 is 11.5 Å². The molecule has 1 saturated heterocycles. The number of nitrogen functional groups attached to an aromatic ring is 1. The highest BCUT2D eigenvalue weighted by Gasteiger charge is 2.19. The smallest absolute Gasteiger partial charge is 0.146 e. The van der Waals surface area contributed by atoms with Crippen LogP contribution in [0.5, 0.6) is 0 Å². The van der Waals surface area contributed by atoms with Gasteiger partial charge in [0.2, 0.25) is 0 Å². The van der Waals surface area contributed by atoms with Crippen LogP contribution in [0.3, 0.4) is 0 Å². The second-order valence-corrected chi connectivity index (χ2v) is 3.89. The molecule has 3 N–H and O–H groups in total. The Bertz CT molecular complexity index is 362. The summed E-state index contributed by atoms with van der Waals surface area (Å²) in [6, 6.07) is 4.09. The van der Waals surface area contributed by atoms with E-state index in [-0.39, 0.29) is 0 Å².